The predicted octanol–water partition coefficient (Wildman–Crippen LogP) is 3.84. The van der Waals surface area contributed by atoms with E-state index in [4.69, 9.17) is 0 Å². The van der Waals surface area contributed by atoms with Gasteiger partial charge in [0.15, 0.2) is 0 Å². The second-order valence-electron chi connectivity index (χ2n) is 8.17. The van der Waals surface area contributed by atoms with Crippen molar-refractivity contribution in [3.05, 3.63) is 81.9 Å². The van der Waals surface area contributed by atoms with E-state index in [1.54, 1.807) is 19.1 Å². The number of carbonyl (C=O) groups excluding carboxylic acids is 2. The molecular weight excluding hydrogens is 420 g/mol. The molecule has 0 saturated carbocycles. The molecule has 1 saturated heterocycles. The van der Waals surface area contributed by atoms with Gasteiger partial charge in [0.1, 0.15) is 0 Å². The number of nitrogens with zero attached hydrogens (tertiary/aromatic N) is 3. The van der Waals surface area contributed by atoms with Crippen LogP contribution in [0.4, 0.5) is 11.4 Å². The van der Waals surface area contributed by atoms with E-state index in [1.165, 1.54) is 6.07 Å². The average Bonchev–Trinajstić information content (AvgIpc) is 2.83. The lowest BCUT2D eigenvalue weighted by molar-refractivity contribution is -0.385. The van der Waals surface area contributed by atoms with E-state index in [2.05, 4.69) is 10.2 Å². The van der Waals surface area contributed by atoms with E-state index in [1.807, 2.05) is 47.4 Å². The molecule has 0 bridgehead atoms. The molecule has 2 amide bonds. The minimum Gasteiger partial charge on any atom is -0.336 e. The molecule has 8 heteroatoms. The molecule has 0 spiro atoms. The van der Waals surface area contributed by atoms with Gasteiger partial charge < -0.3 is 10.2 Å². The fraction of sp³-hybridized carbons (Fsp3) is 0.280. The van der Waals surface area contributed by atoms with Crippen LogP contribution in [0, 0.1) is 17.0 Å². The number of anilines is 1. The minimum atomic E-state index is -0.454. The Bertz CT molecular complexity index is 1200. The zero-order valence-electron chi connectivity index (χ0n) is 18.5. The zero-order chi connectivity index (χ0) is 23.4. The molecule has 1 aliphatic rings. The Morgan fingerprint density at radius 3 is 2.42 bits per heavy atom. The Morgan fingerprint density at radius 1 is 0.970 bits per heavy atom. The van der Waals surface area contributed by atoms with Crippen molar-refractivity contribution < 1.29 is 14.5 Å². The van der Waals surface area contributed by atoms with Gasteiger partial charge in [-0.15, -0.1) is 0 Å². The molecular formula is C25H26N4O4. The maximum Gasteiger partial charge on any atom is 0.274 e. The molecule has 1 N–H and O–H groups in total. The first kappa shape index (κ1) is 22.4. The summed E-state index contributed by atoms with van der Waals surface area (Å²) in [6, 6.07) is 18.3. The van der Waals surface area contributed by atoms with Crippen LogP contribution in [0.2, 0.25) is 0 Å². The minimum absolute atomic E-state index is 0.0141. The number of carbonyl (C=O) groups is 2. The molecule has 0 atom stereocenters. The maximum atomic E-state index is 13.1. The molecule has 0 unspecified atom stereocenters. The molecule has 0 aromatic heterocycles. The molecule has 170 valence electrons. The molecule has 1 aliphatic heterocycles. The molecule has 8 nitrogen and oxygen atoms in total. The number of hydrogen-bond acceptors (Lipinski definition) is 5. The van der Waals surface area contributed by atoms with Gasteiger partial charge in [-0.05, 0) is 29.8 Å². The van der Waals surface area contributed by atoms with E-state index in [9.17, 15) is 19.7 Å². The molecule has 1 fully saturated rings. The molecule has 1 heterocycles. The first-order valence-electron chi connectivity index (χ1n) is 11.0. The highest BCUT2D eigenvalue weighted by Gasteiger charge is 2.23. The van der Waals surface area contributed by atoms with Crippen LogP contribution in [-0.4, -0.2) is 59.3 Å². The lowest BCUT2D eigenvalue weighted by Crippen LogP contribution is -2.49. The summed E-state index contributed by atoms with van der Waals surface area (Å²) in [5.74, 6) is -0.154. The van der Waals surface area contributed by atoms with E-state index in [0.717, 1.165) is 10.8 Å². The first-order valence-corrected chi connectivity index (χ1v) is 11.0. The van der Waals surface area contributed by atoms with E-state index >= 15 is 0 Å². The quantitative estimate of drug-likeness (QED) is 0.458. The Kier molecular flexibility index (Phi) is 6.65. The van der Waals surface area contributed by atoms with E-state index in [0.29, 0.717) is 49.5 Å². The maximum absolute atomic E-state index is 13.1. The number of benzene rings is 3. The number of nitrogens with one attached hydrogen (secondary N) is 1. The predicted molar refractivity (Wildman–Crippen MR) is 127 cm³/mol. The van der Waals surface area contributed by atoms with E-state index in [-0.39, 0.29) is 23.9 Å². The van der Waals surface area contributed by atoms with Crippen LogP contribution in [0.1, 0.15) is 22.3 Å². The van der Waals surface area contributed by atoms with Crippen LogP contribution in [0.25, 0.3) is 10.8 Å². The molecule has 33 heavy (non-hydrogen) atoms. The van der Waals surface area contributed by atoms with Gasteiger partial charge in [0.05, 0.1) is 16.2 Å². The normalized spacial score (nSPS) is 14.3. The molecule has 3 aromatic carbocycles. The highest BCUT2D eigenvalue weighted by Crippen LogP contribution is 2.25. The third-order valence-corrected chi connectivity index (χ3v) is 6.11. The Balaban J connectivity index is 1.29. The van der Waals surface area contributed by atoms with Crippen LogP contribution in [0.5, 0.6) is 0 Å². The molecule has 4 rings (SSSR count). The van der Waals surface area contributed by atoms with E-state index < -0.39 is 4.92 Å². The summed E-state index contributed by atoms with van der Waals surface area (Å²) in [5.41, 5.74) is 1.60. The highest BCUT2D eigenvalue weighted by molar-refractivity contribution is 6.07. The summed E-state index contributed by atoms with van der Waals surface area (Å²) in [7, 11) is 0. The molecule has 0 radical (unpaired) electrons. The Labute approximate surface area is 191 Å². The van der Waals surface area contributed by atoms with Gasteiger partial charge in [0.25, 0.3) is 11.6 Å². The average molecular weight is 447 g/mol. The summed E-state index contributed by atoms with van der Waals surface area (Å²) in [4.78, 5) is 40.1. The monoisotopic (exact) mass is 446 g/mol. The van der Waals surface area contributed by atoms with Gasteiger partial charge in [-0.1, -0.05) is 42.5 Å². The number of amides is 2. The van der Waals surface area contributed by atoms with Crippen molar-refractivity contribution in [3.8, 4) is 0 Å². The molecule has 0 aliphatic carbocycles. The number of rotatable bonds is 6. The number of fused-ring (bicyclic) bond motifs is 1. The van der Waals surface area contributed by atoms with Gasteiger partial charge in [0, 0.05) is 50.8 Å². The van der Waals surface area contributed by atoms with Crippen molar-refractivity contribution in [1.82, 2.24) is 9.80 Å². The number of piperazine rings is 1. The van der Waals surface area contributed by atoms with Crippen LogP contribution < -0.4 is 5.32 Å². The standard InChI is InChI=1S/C25H26N4O4/c1-18-22(10-5-11-23(18)29(32)33)26-24(30)12-13-27-14-16-28(17-15-27)25(31)21-9-4-7-19-6-2-3-8-20(19)21/h2-11H,12-17H2,1H3,(H,26,30). The third-order valence-electron chi connectivity index (χ3n) is 6.11. The second kappa shape index (κ2) is 9.79. The fourth-order valence-corrected chi connectivity index (χ4v) is 4.19. The lowest BCUT2D eigenvalue weighted by Gasteiger charge is -2.34. The third kappa shape index (κ3) is 5.01. The number of nitro groups is 1. The summed E-state index contributed by atoms with van der Waals surface area (Å²) in [6.45, 7) is 4.79. The highest BCUT2D eigenvalue weighted by atomic mass is 16.6. The van der Waals surface area contributed by atoms with Crippen LogP contribution >= 0.6 is 0 Å². The summed E-state index contributed by atoms with van der Waals surface area (Å²) >= 11 is 0. The summed E-state index contributed by atoms with van der Waals surface area (Å²) in [6.07, 6.45) is 0.277. The van der Waals surface area contributed by atoms with Crippen molar-refractivity contribution in [3.63, 3.8) is 0 Å². The fourth-order valence-electron chi connectivity index (χ4n) is 4.19. The van der Waals surface area contributed by atoms with Crippen molar-refractivity contribution in [2.75, 3.05) is 38.0 Å². The zero-order valence-corrected chi connectivity index (χ0v) is 18.5. The van der Waals surface area contributed by atoms with Crippen LogP contribution in [0.3, 0.4) is 0 Å². The van der Waals surface area contributed by atoms with Gasteiger partial charge in [-0.2, -0.15) is 0 Å². The topological polar surface area (TPSA) is 95.8 Å². The van der Waals surface area contributed by atoms with Crippen molar-refractivity contribution in [1.29, 1.82) is 0 Å². The summed E-state index contributed by atoms with van der Waals surface area (Å²) in [5, 5.41) is 15.9. The molecule has 3 aromatic rings. The number of nitro benzene ring substituents is 1. The van der Waals surface area contributed by atoms with Gasteiger partial charge in [0.2, 0.25) is 5.91 Å². The van der Waals surface area contributed by atoms with Crippen LogP contribution in [-0.2, 0) is 4.79 Å². The van der Waals surface area contributed by atoms with Gasteiger partial charge >= 0.3 is 0 Å². The van der Waals surface area contributed by atoms with Crippen molar-refractivity contribution in [2.45, 2.75) is 13.3 Å². The first-order chi connectivity index (χ1) is 15.9. The Hall–Kier alpha value is -3.78. The van der Waals surface area contributed by atoms with Crippen LogP contribution in [0.15, 0.2) is 60.7 Å². The second-order valence-corrected chi connectivity index (χ2v) is 8.17. The van der Waals surface area contributed by atoms with Gasteiger partial charge in [-0.3, -0.25) is 24.6 Å². The number of hydrogen-bond donors (Lipinski definition) is 1. The smallest absolute Gasteiger partial charge is 0.274 e. The van der Waals surface area contributed by atoms with Crippen molar-refractivity contribution in [2.24, 2.45) is 0 Å². The van der Waals surface area contributed by atoms with Crippen molar-refractivity contribution >= 4 is 34.0 Å². The van der Waals surface area contributed by atoms with Gasteiger partial charge in [-0.25, -0.2) is 0 Å². The lowest BCUT2D eigenvalue weighted by atomic mass is 10.0. The Morgan fingerprint density at radius 2 is 1.67 bits per heavy atom. The largest absolute Gasteiger partial charge is 0.336 e. The summed E-state index contributed by atoms with van der Waals surface area (Å²) < 4.78 is 0. The SMILES string of the molecule is Cc1c(NC(=O)CCN2CCN(C(=O)c3cccc4ccccc34)CC2)cccc1[N+](=O)[O-].